The lowest BCUT2D eigenvalue weighted by atomic mass is 9.88. The maximum atomic E-state index is 12.1. The highest BCUT2D eigenvalue weighted by Gasteiger charge is 2.25. The average Bonchev–Trinajstić information content (AvgIpc) is 2.40. The molecule has 4 nitrogen and oxygen atoms in total. The molecule has 0 unspecified atom stereocenters. The van der Waals surface area contributed by atoms with E-state index >= 15 is 0 Å². The van der Waals surface area contributed by atoms with Crippen molar-refractivity contribution in [2.24, 2.45) is 5.92 Å². The molecule has 0 aromatic heterocycles. The predicted molar refractivity (Wildman–Crippen MR) is 68.1 cm³/mol. The summed E-state index contributed by atoms with van der Waals surface area (Å²) in [6, 6.07) is 10.6. The summed E-state index contributed by atoms with van der Waals surface area (Å²) in [4.78, 5) is 0.299. The molecule has 1 aliphatic rings. The third-order valence-corrected chi connectivity index (χ3v) is 4.82. The Hall–Kier alpha value is -1.38. The van der Waals surface area contributed by atoms with Gasteiger partial charge in [0.1, 0.15) is 0 Å². The van der Waals surface area contributed by atoms with Crippen molar-refractivity contribution in [3.8, 4) is 6.07 Å². The molecule has 5 heteroatoms. The summed E-state index contributed by atoms with van der Waals surface area (Å²) in [5.74, 6) is 0.0856. The summed E-state index contributed by atoms with van der Waals surface area (Å²) in [7, 11) is -3.42. The molecule has 18 heavy (non-hydrogen) atoms. The fraction of sp³-hybridized carbons (Fsp3) is 0.462. The molecule has 0 heterocycles. The summed E-state index contributed by atoms with van der Waals surface area (Å²) in [5.41, 5.74) is 0. The third kappa shape index (κ3) is 3.09. The summed E-state index contributed by atoms with van der Waals surface area (Å²) in [6.07, 6.45) is 3.03. The molecule has 1 saturated carbocycles. The van der Waals surface area contributed by atoms with E-state index in [0.717, 1.165) is 25.7 Å². The van der Waals surface area contributed by atoms with E-state index in [4.69, 9.17) is 5.26 Å². The Morgan fingerprint density at radius 3 is 2.28 bits per heavy atom. The van der Waals surface area contributed by atoms with E-state index in [9.17, 15) is 8.42 Å². The van der Waals surface area contributed by atoms with Crippen molar-refractivity contribution in [3.63, 3.8) is 0 Å². The van der Waals surface area contributed by atoms with Gasteiger partial charge >= 0.3 is 0 Å². The largest absolute Gasteiger partial charge is 0.240 e. The van der Waals surface area contributed by atoms with Crippen LogP contribution in [0.25, 0.3) is 0 Å². The van der Waals surface area contributed by atoms with Crippen LogP contribution in [0.1, 0.15) is 25.7 Å². The Balaban J connectivity index is 2.00. The monoisotopic (exact) mass is 264 g/mol. The molecule has 0 amide bonds. The first-order chi connectivity index (χ1) is 8.62. The van der Waals surface area contributed by atoms with E-state index < -0.39 is 10.0 Å². The predicted octanol–water partition coefficient (Wildman–Crippen LogP) is 2.05. The number of benzene rings is 1. The van der Waals surface area contributed by atoms with Crippen molar-refractivity contribution in [1.29, 1.82) is 5.26 Å². The third-order valence-electron chi connectivity index (χ3n) is 3.29. The lowest BCUT2D eigenvalue weighted by molar-refractivity contribution is 0.361. The zero-order valence-corrected chi connectivity index (χ0v) is 10.9. The molecule has 0 saturated heterocycles. The van der Waals surface area contributed by atoms with Crippen molar-refractivity contribution < 1.29 is 8.42 Å². The van der Waals surface area contributed by atoms with Gasteiger partial charge in [0.25, 0.3) is 0 Å². The highest BCUT2D eigenvalue weighted by atomic mass is 32.2. The first-order valence-electron chi connectivity index (χ1n) is 6.09. The molecule has 2 rings (SSSR count). The Kier molecular flexibility index (Phi) is 4.00. The molecule has 0 atom stereocenters. The molecular formula is C13H16N2O2S. The van der Waals surface area contributed by atoms with Gasteiger partial charge in [0.15, 0.2) is 0 Å². The quantitative estimate of drug-likeness (QED) is 0.908. The summed E-state index contributed by atoms with van der Waals surface area (Å²) >= 11 is 0. The van der Waals surface area contributed by atoms with Crippen LogP contribution in [0.2, 0.25) is 0 Å². The van der Waals surface area contributed by atoms with E-state index in [-0.39, 0.29) is 12.0 Å². The van der Waals surface area contributed by atoms with Gasteiger partial charge in [-0.15, -0.1) is 0 Å². The van der Waals surface area contributed by atoms with Crippen molar-refractivity contribution in [3.05, 3.63) is 30.3 Å². The summed E-state index contributed by atoms with van der Waals surface area (Å²) in [6.45, 7) is 0. The lowest BCUT2D eigenvalue weighted by Crippen LogP contribution is -2.37. The topological polar surface area (TPSA) is 70.0 Å². The zero-order valence-electron chi connectivity index (χ0n) is 10.0. The molecule has 1 aromatic rings. The number of hydrogen-bond donors (Lipinski definition) is 1. The van der Waals surface area contributed by atoms with Gasteiger partial charge in [-0.05, 0) is 37.8 Å². The maximum Gasteiger partial charge on any atom is 0.240 e. The lowest BCUT2D eigenvalue weighted by Gasteiger charge is -2.25. The van der Waals surface area contributed by atoms with Crippen molar-refractivity contribution >= 4 is 10.0 Å². The van der Waals surface area contributed by atoms with E-state index in [0.29, 0.717) is 4.90 Å². The first kappa shape index (κ1) is 13.1. The van der Waals surface area contributed by atoms with E-state index in [1.807, 2.05) is 0 Å². The number of nitriles is 1. The Morgan fingerprint density at radius 2 is 1.72 bits per heavy atom. The molecule has 0 spiro atoms. The van der Waals surface area contributed by atoms with E-state index in [1.165, 1.54) is 0 Å². The van der Waals surface area contributed by atoms with Crippen LogP contribution in [-0.2, 0) is 10.0 Å². The number of rotatable bonds is 3. The van der Waals surface area contributed by atoms with Crippen LogP contribution < -0.4 is 4.72 Å². The maximum absolute atomic E-state index is 12.1. The van der Waals surface area contributed by atoms with Crippen LogP contribution in [0, 0.1) is 17.2 Å². The summed E-state index contributed by atoms with van der Waals surface area (Å²) in [5, 5.41) is 8.80. The SMILES string of the molecule is N#CC1CCC(NS(=O)(=O)c2ccccc2)CC1. The number of nitrogens with one attached hydrogen (secondary N) is 1. The fourth-order valence-electron chi connectivity index (χ4n) is 2.23. The smallest absolute Gasteiger partial charge is 0.208 e. The Bertz CT molecular complexity index is 526. The molecule has 1 aliphatic carbocycles. The van der Waals surface area contributed by atoms with Crippen LogP contribution >= 0.6 is 0 Å². The van der Waals surface area contributed by atoms with Gasteiger partial charge in [0.05, 0.1) is 11.0 Å². The molecule has 96 valence electrons. The number of sulfonamides is 1. The second kappa shape index (κ2) is 5.51. The molecule has 0 bridgehead atoms. The van der Waals surface area contributed by atoms with Crippen molar-refractivity contribution in [2.45, 2.75) is 36.6 Å². The Labute approximate surface area is 108 Å². The van der Waals surface area contributed by atoms with Gasteiger partial charge in [-0.3, -0.25) is 0 Å². The van der Waals surface area contributed by atoms with Gasteiger partial charge in [0.2, 0.25) is 10.0 Å². The highest BCUT2D eigenvalue weighted by molar-refractivity contribution is 7.89. The van der Waals surface area contributed by atoms with Crippen molar-refractivity contribution in [2.75, 3.05) is 0 Å². The van der Waals surface area contributed by atoms with Gasteiger partial charge in [-0.1, -0.05) is 18.2 Å². The van der Waals surface area contributed by atoms with E-state index in [2.05, 4.69) is 10.8 Å². The van der Waals surface area contributed by atoms with Crippen LogP contribution in [-0.4, -0.2) is 14.5 Å². The minimum Gasteiger partial charge on any atom is -0.208 e. The number of hydrogen-bond acceptors (Lipinski definition) is 3. The minimum atomic E-state index is -3.42. The minimum absolute atomic E-state index is 0.0418. The molecule has 1 N–H and O–H groups in total. The normalized spacial score (nSPS) is 24.4. The molecule has 1 aromatic carbocycles. The summed E-state index contributed by atoms with van der Waals surface area (Å²) < 4.78 is 26.9. The zero-order chi connectivity index (χ0) is 13.0. The Morgan fingerprint density at radius 1 is 1.11 bits per heavy atom. The second-order valence-electron chi connectivity index (χ2n) is 4.61. The average molecular weight is 264 g/mol. The fourth-order valence-corrected chi connectivity index (χ4v) is 3.55. The van der Waals surface area contributed by atoms with Gasteiger partial charge < -0.3 is 0 Å². The van der Waals surface area contributed by atoms with Crippen LogP contribution in [0.5, 0.6) is 0 Å². The highest BCUT2D eigenvalue weighted by Crippen LogP contribution is 2.24. The molecule has 0 aliphatic heterocycles. The van der Waals surface area contributed by atoms with E-state index in [1.54, 1.807) is 30.3 Å². The standard InChI is InChI=1S/C13H16N2O2S/c14-10-11-6-8-12(9-7-11)15-18(16,17)13-4-2-1-3-5-13/h1-5,11-12,15H,6-9H2. The van der Waals surface area contributed by atoms with Crippen LogP contribution in [0.3, 0.4) is 0 Å². The van der Waals surface area contributed by atoms with Gasteiger partial charge in [0, 0.05) is 12.0 Å². The van der Waals surface area contributed by atoms with Crippen LogP contribution in [0.4, 0.5) is 0 Å². The molecular weight excluding hydrogens is 248 g/mol. The molecule has 1 fully saturated rings. The van der Waals surface area contributed by atoms with Crippen molar-refractivity contribution in [1.82, 2.24) is 4.72 Å². The second-order valence-corrected chi connectivity index (χ2v) is 6.33. The number of nitrogens with zero attached hydrogens (tertiary/aromatic N) is 1. The molecule has 0 radical (unpaired) electrons. The first-order valence-corrected chi connectivity index (χ1v) is 7.57. The van der Waals surface area contributed by atoms with Gasteiger partial charge in [-0.25, -0.2) is 13.1 Å². The van der Waals surface area contributed by atoms with Gasteiger partial charge in [-0.2, -0.15) is 5.26 Å². The van der Waals surface area contributed by atoms with Crippen LogP contribution in [0.15, 0.2) is 35.2 Å².